The van der Waals surface area contributed by atoms with E-state index < -0.39 is 0 Å². The summed E-state index contributed by atoms with van der Waals surface area (Å²) in [5, 5.41) is 0. The molecule has 0 saturated carbocycles. The predicted octanol–water partition coefficient (Wildman–Crippen LogP) is 2.63. The van der Waals surface area contributed by atoms with Crippen LogP contribution in [0.4, 0.5) is 11.6 Å². The number of rotatable bonds is 3. The number of nitrogens with zero attached hydrogens (tertiary/aromatic N) is 5. The first-order chi connectivity index (χ1) is 13.3. The molecule has 146 valence electrons. The minimum Gasteiger partial charge on any atom is -0.312 e. The second-order valence-electron chi connectivity index (χ2n) is 7.72. The minimum atomic E-state index is -0.367. The van der Waals surface area contributed by atoms with Crippen molar-refractivity contribution in [2.45, 2.75) is 40.3 Å². The molecule has 0 unspecified atom stereocenters. The van der Waals surface area contributed by atoms with Gasteiger partial charge in [-0.3, -0.25) is 13.9 Å². The molecule has 4 rings (SSSR count). The summed E-state index contributed by atoms with van der Waals surface area (Å²) in [5.41, 5.74) is 4.44. The van der Waals surface area contributed by atoms with Crippen molar-refractivity contribution in [1.29, 1.82) is 0 Å². The van der Waals surface area contributed by atoms with Gasteiger partial charge in [0.1, 0.15) is 0 Å². The van der Waals surface area contributed by atoms with Gasteiger partial charge >= 0.3 is 5.69 Å². The van der Waals surface area contributed by atoms with Crippen LogP contribution in [-0.2, 0) is 20.1 Å². The molecule has 0 N–H and O–H groups in total. The smallest absolute Gasteiger partial charge is 0.312 e. The quantitative estimate of drug-likeness (QED) is 0.656. The number of fused-ring (bicyclic) bond motifs is 3. The number of aryl methyl sites for hydroxylation is 4. The third kappa shape index (κ3) is 2.69. The van der Waals surface area contributed by atoms with E-state index in [9.17, 15) is 9.59 Å². The van der Waals surface area contributed by atoms with Crippen LogP contribution in [0.3, 0.4) is 0 Å². The van der Waals surface area contributed by atoms with Gasteiger partial charge in [-0.2, -0.15) is 4.98 Å². The average molecular weight is 379 g/mol. The van der Waals surface area contributed by atoms with Crippen LogP contribution in [0.1, 0.15) is 24.5 Å². The molecule has 0 spiro atoms. The maximum atomic E-state index is 13.2. The van der Waals surface area contributed by atoms with Crippen LogP contribution in [0.25, 0.3) is 11.2 Å². The van der Waals surface area contributed by atoms with Crippen molar-refractivity contribution in [3.05, 3.63) is 62.3 Å². The Morgan fingerprint density at radius 1 is 1.21 bits per heavy atom. The van der Waals surface area contributed by atoms with Crippen LogP contribution in [0.2, 0.25) is 0 Å². The molecule has 28 heavy (non-hydrogen) atoms. The number of anilines is 2. The van der Waals surface area contributed by atoms with Crippen molar-refractivity contribution in [1.82, 2.24) is 18.7 Å². The van der Waals surface area contributed by atoms with Gasteiger partial charge in [0.25, 0.3) is 5.56 Å². The first kappa shape index (κ1) is 18.3. The number of imidazole rings is 1. The van der Waals surface area contributed by atoms with E-state index in [0.717, 1.165) is 29.8 Å². The monoisotopic (exact) mass is 379 g/mol. The number of hydrogen-bond acceptors (Lipinski definition) is 4. The molecular weight excluding hydrogens is 354 g/mol. The first-order valence-corrected chi connectivity index (χ1v) is 9.49. The summed E-state index contributed by atoms with van der Waals surface area (Å²) in [4.78, 5) is 32.7. The fourth-order valence-electron chi connectivity index (χ4n) is 4.01. The summed E-state index contributed by atoms with van der Waals surface area (Å²) < 4.78 is 4.66. The normalized spacial score (nSPS) is 13.8. The zero-order valence-corrected chi connectivity index (χ0v) is 16.8. The highest BCUT2D eigenvalue weighted by molar-refractivity contribution is 5.77. The van der Waals surface area contributed by atoms with Crippen molar-refractivity contribution in [2.75, 3.05) is 11.4 Å². The molecular formula is C21H25N5O2. The van der Waals surface area contributed by atoms with Gasteiger partial charge in [0.2, 0.25) is 5.95 Å². The molecule has 0 saturated heterocycles. The average Bonchev–Trinajstić information content (AvgIpc) is 3.03. The van der Waals surface area contributed by atoms with Crippen LogP contribution >= 0.6 is 0 Å². The summed E-state index contributed by atoms with van der Waals surface area (Å²) >= 11 is 0. The summed E-state index contributed by atoms with van der Waals surface area (Å²) in [5.74, 6) is 0.716. The lowest BCUT2D eigenvalue weighted by molar-refractivity contribution is 0.596. The topological polar surface area (TPSA) is 65.1 Å². The second kappa shape index (κ2) is 6.51. The Labute approximate surface area is 163 Å². The van der Waals surface area contributed by atoms with E-state index >= 15 is 0 Å². The molecule has 0 fully saturated rings. The highest BCUT2D eigenvalue weighted by Gasteiger charge is 2.27. The summed E-state index contributed by atoms with van der Waals surface area (Å²) in [7, 11) is 1.67. The molecule has 1 aliphatic heterocycles. The molecule has 3 aromatic rings. The number of allylic oxidation sites excluding steroid dienone is 1. The molecule has 0 radical (unpaired) electrons. The Hall–Kier alpha value is -3.09. The molecule has 0 amide bonds. The van der Waals surface area contributed by atoms with E-state index in [0.29, 0.717) is 23.7 Å². The summed E-state index contributed by atoms with van der Waals surface area (Å²) in [6.45, 7) is 11.5. The molecule has 1 aliphatic rings. The zero-order valence-electron chi connectivity index (χ0n) is 16.8. The molecule has 7 heteroatoms. The van der Waals surface area contributed by atoms with Gasteiger partial charge in [0.05, 0.1) is 6.54 Å². The number of hydrogen-bond donors (Lipinski definition) is 0. The highest BCUT2D eigenvalue weighted by atomic mass is 16.2. The molecule has 0 atom stereocenters. The third-order valence-electron chi connectivity index (χ3n) is 5.29. The second-order valence-corrected chi connectivity index (χ2v) is 7.72. The third-order valence-corrected chi connectivity index (χ3v) is 5.29. The fraction of sp³-hybridized carbons (Fsp3) is 0.381. The molecule has 3 heterocycles. The van der Waals surface area contributed by atoms with E-state index in [-0.39, 0.29) is 17.8 Å². The Balaban J connectivity index is 1.99. The standard InChI is InChI=1S/C21H25N5O2/c1-13(2)12-26-19(27)17-18(23(5)21(26)28)22-20-24(9-6-10-25(17)20)16-8-7-14(3)11-15(16)4/h7-8,11H,1,6,9-10,12H2,2-5H3. The van der Waals surface area contributed by atoms with Gasteiger partial charge in [-0.15, -0.1) is 0 Å². The van der Waals surface area contributed by atoms with Crippen LogP contribution in [0, 0.1) is 13.8 Å². The van der Waals surface area contributed by atoms with Gasteiger partial charge in [-0.05, 0) is 38.8 Å². The van der Waals surface area contributed by atoms with Gasteiger partial charge in [0, 0.05) is 25.8 Å². The van der Waals surface area contributed by atoms with E-state index in [1.807, 2.05) is 11.5 Å². The first-order valence-electron chi connectivity index (χ1n) is 9.49. The number of aromatic nitrogens is 4. The van der Waals surface area contributed by atoms with Crippen LogP contribution in [0.15, 0.2) is 39.9 Å². The van der Waals surface area contributed by atoms with E-state index in [2.05, 4.69) is 43.5 Å². The lowest BCUT2D eigenvalue weighted by atomic mass is 10.1. The van der Waals surface area contributed by atoms with Gasteiger partial charge in [-0.25, -0.2) is 4.79 Å². The van der Waals surface area contributed by atoms with Crippen molar-refractivity contribution >= 4 is 22.8 Å². The lowest BCUT2D eigenvalue weighted by Crippen LogP contribution is -2.40. The summed E-state index contributed by atoms with van der Waals surface area (Å²) in [6, 6.07) is 6.32. The maximum Gasteiger partial charge on any atom is 0.332 e. The van der Waals surface area contributed by atoms with E-state index in [1.54, 1.807) is 7.05 Å². The predicted molar refractivity (Wildman–Crippen MR) is 112 cm³/mol. The van der Waals surface area contributed by atoms with E-state index in [1.165, 1.54) is 14.7 Å². The van der Waals surface area contributed by atoms with Crippen LogP contribution < -0.4 is 16.1 Å². The molecule has 0 aliphatic carbocycles. The van der Waals surface area contributed by atoms with E-state index in [4.69, 9.17) is 4.98 Å². The highest BCUT2D eigenvalue weighted by Crippen LogP contribution is 2.33. The van der Waals surface area contributed by atoms with Gasteiger partial charge in [0.15, 0.2) is 11.2 Å². The SMILES string of the molecule is C=C(C)Cn1c(=O)c2c(nc3n2CCCN3c2ccc(C)cc2C)n(C)c1=O. The van der Waals surface area contributed by atoms with Crippen LogP contribution in [0.5, 0.6) is 0 Å². The van der Waals surface area contributed by atoms with Crippen molar-refractivity contribution in [2.24, 2.45) is 7.05 Å². The lowest BCUT2D eigenvalue weighted by Gasteiger charge is -2.30. The Morgan fingerprint density at radius 2 is 1.96 bits per heavy atom. The molecule has 2 aromatic heterocycles. The number of benzene rings is 1. The van der Waals surface area contributed by atoms with Crippen molar-refractivity contribution in [3.63, 3.8) is 0 Å². The van der Waals surface area contributed by atoms with Crippen molar-refractivity contribution < 1.29 is 0 Å². The minimum absolute atomic E-state index is 0.211. The molecule has 7 nitrogen and oxygen atoms in total. The molecule has 1 aromatic carbocycles. The Morgan fingerprint density at radius 3 is 2.64 bits per heavy atom. The van der Waals surface area contributed by atoms with Gasteiger partial charge < -0.3 is 9.47 Å². The fourth-order valence-corrected chi connectivity index (χ4v) is 4.01. The largest absolute Gasteiger partial charge is 0.332 e. The maximum absolute atomic E-state index is 13.2. The Kier molecular flexibility index (Phi) is 4.25. The van der Waals surface area contributed by atoms with Gasteiger partial charge in [-0.1, -0.05) is 29.8 Å². The van der Waals surface area contributed by atoms with Crippen LogP contribution in [-0.4, -0.2) is 25.2 Å². The van der Waals surface area contributed by atoms with Crippen molar-refractivity contribution in [3.8, 4) is 0 Å². The molecule has 0 bridgehead atoms. The Bertz CT molecular complexity index is 1230. The summed E-state index contributed by atoms with van der Waals surface area (Å²) in [6.07, 6.45) is 0.897. The zero-order chi connectivity index (χ0) is 20.2.